The molecular formula is C11H15N3S. The Kier molecular flexibility index (Phi) is 3.53. The van der Waals surface area contributed by atoms with Crippen molar-refractivity contribution in [2.75, 3.05) is 0 Å². The minimum atomic E-state index is 0.849. The van der Waals surface area contributed by atoms with Gasteiger partial charge in [-0.05, 0) is 18.1 Å². The summed E-state index contributed by atoms with van der Waals surface area (Å²) in [7, 11) is 0. The van der Waals surface area contributed by atoms with E-state index in [0.29, 0.717) is 0 Å². The number of nitrogens with one attached hydrogen (secondary N) is 2. The lowest BCUT2D eigenvalue weighted by Gasteiger charge is -1.99. The fourth-order valence-corrected chi connectivity index (χ4v) is 2.14. The van der Waals surface area contributed by atoms with Crippen LogP contribution < -0.4 is 5.32 Å². The Bertz CT molecular complexity index is 392. The maximum absolute atomic E-state index is 4.50. The van der Waals surface area contributed by atoms with Gasteiger partial charge in [0.15, 0.2) is 0 Å². The number of thiazole rings is 1. The van der Waals surface area contributed by atoms with E-state index in [0.717, 1.165) is 25.2 Å². The molecule has 3 nitrogen and oxygen atoms in total. The van der Waals surface area contributed by atoms with E-state index in [1.54, 1.807) is 11.3 Å². The van der Waals surface area contributed by atoms with Crippen LogP contribution in [-0.2, 0) is 19.5 Å². The molecule has 0 spiro atoms. The molecule has 0 amide bonds. The summed E-state index contributed by atoms with van der Waals surface area (Å²) < 4.78 is 0. The average molecular weight is 221 g/mol. The van der Waals surface area contributed by atoms with Crippen LogP contribution in [0.4, 0.5) is 0 Å². The third kappa shape index (κ3) is 2.91. The molecule has 0 aliphatic heterocycles. The molecule has 0 aliphatic rings. The van der Waals surface area contributed by atoms with Crippen LogP contribution in [0.15, 0.2) is 23.8 Å². The summed E-state index contributed by atoms with van der Waals surface area (Å²) in [5.41, 5.74) is 2.42. The second-order valence-corrected chi connectivity index (χ2v) is 4.35. The van der Waals surface area contributed by atoms with Crippen molar-refractivity contribution >= 4 is 11.3 Å². The van der Waals surface area contributed by atoms with Crippen LogP contribution in [0, 0.1) is 0 Å². The monoisotopic (exact) mass is 221 g/mol. The van der Waals surface area contributed by atoms with Gasteiger partial charge in [0.1, 0.15) is 0 Å². The highest BCUT2D eigenvalue weighted by Gasteiger charge is 1.99. The minimum Gasteiger partial charge on any atom is -0.367 e. The van der Waals surface area contributed by atoms with Gasteiger partial charge in [0.05, 0.1) is 10.7 Å². The Morgan fingerprint density at radius 2 is 2.40 bits per heavy atom. The van der Waals surface area contributed by atoms with Gasteiger partial charge in [0, 0.05) is 30.9 Å². The number of hydrogen-bond acceptors (Lipinski definition) is 3. The number of aryl methyl sites for hydroxylation is 1. The predicted molar refractivity (Wildman–Crippen MR) is 62.8 cm³/mol. The lowest BCUT2D eigenvalue weighted by atomic mass is 10.3. The van der Waals surface area contributed by atoms with Crippen molar-refractivity contribution < 1.29 is 0 Å². The van der Waals surface area contributed by atoms with Gasteiger partial charge in [0.25, 0.3) is 0 Å². The molecule has 0 radical (unpaired) electrons. The van der Waals surface area contributed by atoms with Crippen molar-refractivity contribution in [3.8, 4) is 0 Å². The van der Waals surface area contributed by atoms with E-state index in [1.165, 1.54) is 10.6 Å². The lowest BCUT2D eigenvalue weighted by Crippen LogP contribution is -2.12. The third-order valence-electron chi connectivity index (χ3n) is 2.20. The number of nitrogens with zero attached hydrogens (tertiary/aromatic N) is 1. The quantitative estimate of drug-likeness (QED) is 0.813. The molecule has 2 aromatic rings. The number of aromatic amines is 1. The van der Waals surface area contributed by atoms with Crippen molar-refractivity contribution in [2.45, 2.75) is 26.4 Å². The molecule has 2 N–H and O–H groups in total. The minimum absolute atomic E-state index is 0.849. The largest absolute Gasteiger partial charge is 0.367 e. The second-order valence-electron chi connectivity index (χ2n) is 3.41. The maximum atomic E-state index is 4.50. The lowest BCUT2D eigenvalue weighted by molar-refractivity contribution is 0.681. The molecule has 0 saturated carbocycles. The zero-order valence-corrected chi connectivity index (χ0v) is 9.60. The zero-order valence-electron chi connectivity index (χ0n) is 8.79. The van der Waals surface area contributed by atoms with Crippen LogP contribution in [0.1, 0.15) is 23.2 Å². The van der Waals surface area contributed by atoms with Gasteiger partial charge in [0.2, 0.25) is 0 Å². The smallest absolute Gasteiger partial charge is 0.0926 e. The molecule has 0 unspecified atom stereocenters. The fourth-order valence-electron chi connectivity index (χ4n) is 1.40. The van der Waals surface area contributed by atoms with Gasteiger partial charge >= 0.3 is 0 Å². The van der Waals surface area contributed by atoms with Gasteiger partial charge < -0.3 is 10.3 Å². The summed E-state index contributed by atoms with van der Waals surface area (Å²) in [5.74, 6) is 0. The van der Waals surface area contributed by atoms with Gasteiger partial charge in [-0.2, -0.15) is 0 Å². The first-order chi connectivity index (χ1) is 7.38. The number of aromatic nitrogens is 2. The second kappa shape index (κ2) is 5.09. The highest BCUT2D eigenvalue weighted by molar-refractivity contribution is 7.09. The van der Waals surface area contributed by atoms with Gasteiger partial charge in [-0.15, -0.1) is 11.3 Å². The summed E-state index contributed by atoms with van der Waals surface area (Å²) in [4.78, 5) is 7.53. The van der Waals surface area contributed by atoms with Crippen LogP contribution in [0.25, 0.3) is 0 Å². The summed E-state index contributed by atoms with van der Waals surface area (Å²) in [5, 5.41) is 6.71. The molecule has 0 saturated heterocycles. The van der Waals surface area contributed by atoms with E-state index in [1.807, 2.05) is 12.4 Å². The summed E-state index contributed by atoms with van der Waals surface area (Å²) >= 11 is 1.74. The van der Waals surface area contributed by atoms with Crippen LogP contribution in [0.5, 0.6) is 0 Å². The van der Waals surface area contributed by atoms with E-state index in [4.69, 9.17) is 0 Å². The molecule has 0 aromatic carbocycles. The summed E-state index contributed by atoms with van der Waals surface area (Å²) in [6.07, 6.45) is 4.98. The molecule has 15 heavy (non-hydrogen) atoms. The Labute approximate surface area is 93.6 Å². The number of hydrogen-bond donors (Lipinski definition) is 2. The van der Waals surface area contributed by atoms with Crippen molar-refractivity contribution in [2.24, 2.45) is 0 Å². The van der Waals surface area contributed by atoms with E-state index >= 15 is 0 Å². The molecule has 2 heterocycles. The first-order valence-corrected chi connectivity index (χ1v) is 6.02. The SMILES string of the molecule is CCc1nc(CNCc2cc[nH]c2)cs1. The topological polar surface area (TPSA) is 40.7 Å². The van der Waals surface area contributed by atoms with Crippen molar-refractivity contribution in [1.82, 2.24) is 15.3 Å². The number of rotatable bonds is 5. The number of H-pyrrole nitrogens is 1. The van der Waals surface area contributed by atoms with Crippen LogP contribution >= 0.6 is 11.3 Å². The first-order valence-electron chi connectivity index (χ1n) is 5.14. The first kappa shape index (κ1) is 10.4. The molecule has 0 atom stereocenters. The van der Waals surface area contributed by atoms with Crippen LogP contribution in [0.3, 0.4) is 0 Å². The zero-order chi connectivity index (χ0) is 10.5. The predicted octanol–water partition coefficient (Wildman–Crippen LogP) is 2.32. The standard InChI is InChI=1S/C11H15N3S/c1-2-11-14-10(8-15-11)7-13-6-9-3-4-12-5-9/h3-5,8,12-13H,2,6-7H2,1H3. The Morgan fingerprint density at radius 3 is 3.07 bits per heavy atom. The Balaban J connectivity index is 1.78. The van der Waals surface area contributed by atoms with E-state index in [-0.39, 0.29) is 0 Å². The van der Waals surface area contributed by atoms with Crippen molar-refractivity contribution in [3.05, 3.63) is 40.1 Å². The molecule has 80 valence electrons. The molecule has 0 bridgehead atoms. The highest BCUT2D eigenvalue weighted by Crippen LogP contribution is 2.09. The summed E-state index contributed by atoms with van der Waals surface area (Å²) in [6.45, 7) is 3.88. The molecule has 2 aromatic heterocycles. The molecule has 0 aliphatic carbocycles. The fraction of sp³-hybridized carbons (Fsp3) is 0.364. The Hall–Kier alpha value is -1.13. The maximum Gasteiger partial charge on any atom is 0.0926 e. The highest BCUT2D eigenvalue weighted by atomic mass is 32.1. The molecule has 0 fully saturated rings. The summed E-state index contributed by atoms with van der Waals surface area (Å²) in [6, 6.07) is 2.07. The average Bonchev–Trinajstić information content (AvgIpc) is 2.88. The normalized spacial score (nSPS) is 10.7. The van der Waals surface area contributed by atoms with E-state index < -0.39 is 0 Å². The van der Waals surface area contributed by atoms with E-state index in [2.05, 4.69) is 33.7 Å². The molecular weight excluding hydrogens is 206 g/mol. The van der Waals surface area contributed by atoms with Gasteiger partial charge in [-0.3, -0.25) is 0 Å². The van der Waals surface area contributed by atoms with Crippen molar-refractivity contribution in [3.63, 3.8) is 0 Å². The molecule has 4 heteroatoms. The molecule has 2 rings (SSSR count). The third-order valence-corrected chi connectivity index (χ3v) is 3.24. The van der Waals surface area contributed by atoms with Crippen LogP contribution in [0.2, 0.25) is 0 Å². The Morgan fingerprint density at radius 1 is 1.47 bits per heavy atom. The van der Waals surface area contributed by atoms with Crippen molar-refractivity contribution in [1.29, 1.82) is 0 Å². The van der Waals surface area contributed by atoms with Gasteiger partial charge in [-0.1, -0.05) is 6.92 Å². The van der Waals surface area contributed by atoms with Crippen LogP contribution in [-0.4, -0.2) is 9.97 Å². The van der Waals surface area contributed by atoms with Gasteiger partial charge in [-0.25, -0.2) is 4.98 Å². The van der Waals surface area contributed by atoms with E-state index in [9.17, 15) is 0 Å².